The van der Waals surface area contributed by atoms with Gasteiger partial charge in [0.25, 0.3) is 5.56 Å². The smallest absolute Gasteiger partial charge is 0.276 e. The van der Waals surface area contributed by atoms with Gasteiger partial charge in [-0.2, -0.15) is 5.10 Å². The van der Waals surface area contributed by atoms with E-state index in [2.05, 4.69) is 5.10 Å². The van der Waals surface area contributed by atoms with Crippen LogP contribution in [0, 0.1) is 6.92 Å². The number of fused-ring (bicyclic) bond motifs is 1. The van der Waals surface area contributed by atoms with Crippen molar-refractivity contribution in [2.45, 2.75) is 32.7 Å². The summed E-state index contributed by atoms with van der Waals surface area (Å²) in [5.41, 5.74) is 6.97. The first-order valence-electron chi connectivity index (χ1n) is 5.98. The van der Waals surface area contributed by atoms with Crippen molar-refractivity contribution >= 4 is 5.52 Å². The zero-order chi connectivity index (χ0) is 12.3. The molecule has 0 bridgehead atoms. The zero-order valence-corrected chi connectivity index (χ0v) is 10.1. The SMILES string of the molecule is Cc1cc2c(=O)n(CCCCCN)ccn2n1. The molecule has 2 aromatic rings. The van der Waals surface area contributed by atoms with Crippen LogP contribution in [0.3, 0.4) is 0 Å². The van der Waals surface area contributed by atoms with Gasteiger partial charge in [0.05, 0.1) is 5.69 Å². The Morgan fingerprint density at radius 3 is 2.88 bits per heavy atom. The average Bonchev–Trinajstić information content (AvgIpc) is 2.69. The van der Waals surface area contributed by atoms with E-state index in [1.165, 1.54) is 0 Å². The molecule has 0 unspecified atom stereocenters. The quantitative estimate of drug-likeness (QED) is 0.783. The molecule has 2 aromatic heterocycles. The fourth-order valence-electron chi connectivity index (χ4n) is 1.93. The van der Waals surface area contributed by atoms with Crippen molar-refractivity contribution in [1.82, 2.24) is 14.2 Å². The van der Waals surface area contributed by atoms with Gasteiger partial charge in [-0.05, 0) is 32.4 Å². The van der Waals surface area contributed by atoms with E-state index in [0.717, 1.165) is 38.0 Å². The first-order chi connectivity index (χ1) is 8.22. The van der Waals surface area contributed by atoms with Gasteiger partial charge in [-0.15, -0.1) is 0 Å². The first kappa shape index (κ1) is 11.9. The number of hydrogen-bond acceptors (Lipinski definition) is 3. The van der Waals surface area contributed by atoms with Crippen molar-refractivity contribution in [3.05, 3.63) is 34.5 Å². The highest BCUT2D eigenvalue weighted by Crippen LogP contribution is 2.01. The Bertz CT molecular complexity index is 555. The van der Waals surface area contributed by atoms with Gasteiger partial charge in [-0.25, -0.2) is 4.52 Å². The minimum absolute atomic E-state index is 0.0286. The van der Waals surface area contributed by atoms with E-state index in [1.54, 1.807) is 15.3 Å². The van der Waals surface area contributed by atoms with Gasteiger partial charge in [0.2, 0.25) is 0 Å². The summed E-state index contributed by atoms with van der Waals surface area (Å²) in [6.07, 6.45) is 6.69. The molecule has 17 heavy (non-hydrogen) atoms. The molecule has 0 aromatic carbocycles. The van der Waals surface area contributed by atoms with Crippen LogP contribution in [0.5, 0.6) is 0 Å². The third kappa shape index (κ3) is 2.55. The van der Waals surface area contributed by atoms with E-state index in [-0.39, 0.29) is 5.56 Å². The second kappa shape index (κ2) is 5.14. The standard InChI is InChI=1S/C12H18N4O/c1-10-9-11-12(17)15(6-4-2-3-5-13)7-8-16(11)14-10/h7-9H,2-6,13H2,1H3. The molecule has 5 nitrogen and oxygen atoms in total. The third-order valence-electron chi connectivity index (χ3n) is 2.83. The van der Waals surface area contributed by atoms with Crippen LogP contribution in [-0.2, 0) is 6.54 Å². The summed E-state index contributed by atoms with van der Waals surface area (Å²) in [6, 6.07) is 1.82. The molecule has 0 radical (unpaired) electrons. The Labute approximate surface area is 99.9 Å². The van der Waals surface area contributed by atoms with Gasteiger partial charge in [0.15, 0.2) is 0 Å². The largest absolute Gasteiger partial charge is 0.330 e. The molecule has 92 valence electrons. The van der Waals surface area contributed by atoms with E-state index in [4.69, 9.17) is 5.73 Å². The van der Waals surface area contributed by atoms with Gasteiger partial charge in [0.1, 0.15) is 5.52 Å². The summed E-state index contributed by atoms with van der Waals surface area (Å²) >= 11 is 0. The lowest BCUT2D eigenvalue weighted by atomic mass is 10.2. The normalized spacial score (nSPS) is 11.2. The summed E-state index contributed by atoms with van der Waals surface area (Å²) in [4.78, 5) is 12.1. The van der Waals surface area contributed by atoms with Gasteiger partial charge in [0, 0.05) is 18.9 Å². The second-order valence-electron chi connectivity index (χ2n) is 4.26. The molecule has 0 fully saturated rings. The van der Waals surface area contributed by atoms with Crippen molar-refractivity contribution in [3.63, 3.8) is 0 Å². The molecule has 0 aliphatic carbocycles. The number of rotatable bonds is 5. The summed E-state index contributed by atoms with van der Waals surface area (Å²) in [5, 5.41) is 4.21. The van der Waals surface area contributed by atoms with Gasteiger partial charge in [-0.1, -0.05) is 6.42 Å². The highest BCUT2D eigenvalue weighted by Gasteiger charge is 2.04. The fraction of sp³-hybridized carbons (Fsp3) is 0.500. The van der Waals surface area contributed by atoms with Crippen LogP contribution in [0.1, 0.15) is 25.0 Å². The second-order valence-corrected chi connectivity index (χ2v) is 4.26. The van der Waals surface area contributed by atoms with E-state index in [1.807, 2.05) is 19.2 Å². The van der Waals surface area contributed by atoms with E-state index < -0.39 is 0 Å². The van der Waals surface area contributed by atoms with E-state index in [0.29, 0.717) is 5.52 Å². The van der Waals surface area contributed by atoms with Gasteiger partial charge < -0.3 is 10.3 Å². The van der Waals surface area contributed by atoms with Crippen LogP contribution >= 0.6 is 0 Å². The molecule has 0 aliphatic rings. The van der Waals surface area contributed by atoms with Crippen molar-refractivity contribution < 1.29 is 0 Å². The molecule has 0 saturated carbocycles. The highest BCUT2D eigenvalue weighted by molar-refractivity contribution is 5.44. The molecule has 0 spiro atoms. The molecular weight excluding hydrogens is 216 g/mol. The Balaban J connectivity index is 2.18. The molecule has 5 heteroatoms. The maximum atomic E-state index is 12.1. The number of nitrogens with zero attached hydrogens (tertiary/aromatic N) is 3. The van der Waals surface area contributed by atoms with Crippen molar-refractivity contribution in [2.24, 2.45) is 5.73 Å². The lowest BCUT2D eigenvalue weighted by Crippen LogP contribution is -2.21. The molecule has 0 saturated heterocycles. The number of aromatic nitrogens is 3. The van der Waals surface area contributed by atoms with Crippen LogP contribution in [-0.4, -0.2) is 20.7 Å². The van der Waals surface area contributed by atoms with Crippen molar-refractivity contribution in [2.75, 3.05) is 6.54 Å². The van der Waals surface area contributed by atoms with Gasteiger partial charge >= 0.3 is 0 Å². The van der Waals surface area contributed by atoms with Crippen LogP contribution in [0.4, 0.5) is 0 Å². The molecule has 0 amide bonds. The van der Waals surface area contributed by atoms with Crippen molar-refractivity contribution in [3.8, 4) is 0 Å². The first-order valence-corrected chi connectivity index (χ1v) is 5.98. The van der Waals surface area contributed by atoms with Crippen LogP contribution in [0.2, 0.25) is 0 Å². The van der Waals surface area contributed by atoms with Gasteiger partial charge in [-0.3, -0.25) is 4.79 Å². The highest BCUT2D eigenvalue weighted by atomic mass is 16.1. The minimum atomic E-state index is 0.0286. The topological polar surface area (TPSA) is 65.3 Å². The summed E-state index contributed by atoms with van der Waals surface area (Å²) in [7, 11) is 0. The molecule has 2 N–H and O–H groups in total. The number of hydrogen-bond donors (Lipinski definition) is 1. The Kier molecular flexibility index (Phi) is 3.58. The number of unbranched alkanes of at least 4 members (excludes halogenated alkanes) is 2. The minimum Gasteiger partial charge on any atom is -0.330 e. The molecule has 2 heterocycles. The maximum Gasteiger partial charge on any atom is 0.276 e. The zero-order valence-electron chi connectivity index (χ0n) is 10.1. The van der Waals surface area contributed by atoms with Crippen LogP contribution < -0.4 is 11.3 Å². The monoisotopic (exact) mass is 234 g/mol. The molecule has 2 rings (SSSR count). The fourth-order valence-corrected chi connectivity index (χ4v) is 1.93. The molecule has 0 aliphatic heterocycles. The molecular formula is C12H18N4O. The third-order valence-corrected chi connectivity index (χ3v) is 2.83. The van der Waals surface area contributed by atoms with Crippen LogP contribution in [0.15, 0.2) is 23.3 Å². The predicted octanol–water partition coefficient (Wildman–Crippen LogP) is 0.933. The summed E-state index contributed by atoms with van der Waals surface area (Å²) < 4.78 is 3.38. The summed E-state index contributed by atoms with van der Waals surface area (Å²) in [6.45, 7) is 3.35. The lowest BCUT2D eigenvalue weighted by Gasteiger charge is -2.05. The van der Waals surface area contributed by atoms with E-state index in [9.17, 15) is 4.79 Å². The maximum absolute atomic E-state index is 12.1. The molecule has 0 atom stereocenters. The Morgan fingerprint density at radius 2 is 2.12 bits per heavy atom. The average molecular weight is 234 g/mol. The van der Waals surface area contributed by atoms with E-state index >= 15 is 0 Å². The predicted molar refractivity (Wildman–Crippen MR) is 67.1 cm³/mol. The summed E-state index contributed by atoms with van der Waals surface area (Å²) in [5.74, 6) is 0. The van der Waals surface area contributed by atoms with Crippen molar-refractivity contribution in [1.29, 1.82) is 0 Å². The lowest BCUT2D eigenvalue weighted by molar-refractivity contribution is 0.576. The Hall–Kier alpha value is -1.62. The number of aryl methyl sites for hydroxylation is 2. The Morgan fingerprint density at radius 1 is 1.29 bits per heavy atom. The van der Waals surface area contributed by atoms with Crippen LogP contribution in [0.25, 0.3) is 5.52 Å². The number of nitrogens with two attached hydrogens (primary N) is 1.